The van der Waals surface area contributed by atoms with Gasteiger partial charge in [-0.15, -0.1) is 6.42 Å². The molecule has 116 valence electrons. The van der Waals surface area contributed by atoms with Crippen LogP contribution in [0.2, 0.25) is 0 Å². The van der Waals surface area contributed by atoms with Crippen LogP contribution in [0.15, 0.2) is 0 Å². The number of nitrogens with one attached hydrogen (secondary N) is 2. The van der Waals surface area contributed by atoms with Crippen molar-refractivity contribution >= 4 is 17.8 Å². The van der Waals surface area contributed by atoms with Gasteiger partial charge in [0.05, 0.1) is 13.1 Å². The second kappa shape index (κ2) is 7.09. The molecule has 1 atom stereocenters. The Bertz CT molecular complexity index is 465. The molecule has 1 rings (SSSR count). The molecular weight excluding hydrogens is 274 g/mol. The monoisotopic (exact) mass is 295 g/mol. The molecule has 7 nitrogen and oxygen atoms in total. The molecule has 1 heterocycles. The molecular formula is C14H21N3O4. The number of carbonyl (C=O) groups excluding carboxylic acids is 2. The van der Waals surface area contributed by atoms with Gasteiger partial charge in [-0.3, -0.25) is 19.3 Å². The normalized spacial score (nSPS) is 19.5. The minimum Gasteiger partial charge on any atom is -0.480 e. The van der Waals surface area contributed by atoms with Crippen LogP contribution in [-0.2, 0) is 14.4 Å². The molecule has 1 aliphatic rings. The summed E-state index contributed by atoms with van der Waals surface area (Å²) in [5, 5.41) is 14.4. The van der Waals surface area contributed by atoms with Gasteiger partial charge in [0.15, 0.2) is 0 Å². The summed E-state index contributed by atoms with van der Waals surface area (Å²) in [6.07, 6.45) is 6.63. The maximum Gasteiger partial charge on any atom is 0.322 e. The zero-order valence-electron chi connectivity index (χ0n) is 12.3. The molecule has 0 saturated carbocycles. The lowest BCUT2D eigenvalue weighted by molar-refractivity contribution is -0.146. The number of carboxylic acids is 1. The number of terminal acetylenes is 1. The molecule has 0 aromatic heterocycles. The first-order chi connectivity index (χ1) is 9.87. The van der Waals surface area contributed by atoms with Gasteiger partial charge in [0.25, 0.3) is 0 Å². The summed E-state index contributed by atoms with van der Waals surface area (Å²) >= 11 is 0. The first-order valence-corrected chi connectivity index (χ1v) is 6.89. The molecule has 0 radical (unpaired) electrons. The van der Waals surface area contributed by atoms with Crippen molar-refractivity contribution < 1.29 is 19.5 Å². The molecule has 3 N–H and O–H groups in total. The van der Waals surface area contributed by atoms with Crippen LogP contribution >= 0.6 is 0 Å². The van der Waals surface area contributed by atoms with Crippen molar-refractivity contribution in [2.45, 2.75) is 38.3 Å². The quantitative estimate of drug-likeness (QED) is 0.556. The fraction of sp³-hybridized carbons (Fsp3) is 0.643. The number of hydrogen-bond acceptors (Lipinski definition) is 4. The maximum atomic E-state index is 12.1. The highest BCUT2D eigenvalue weighted by Crippen LogP contribution is 2.14. The van der Waals surface area contributed by atoms with Crippen molar-refractivity contribution in [3.05, 3.63) is 0 Å². The van der Waals surface area contributed by atoms with E-state index in [0.717, 1.165) is 0 Å². The molecule has 0 aliphatic carbocycles. The Kier molecular flexibility index (Phi) is 5.73. The molecule has 7 heteroatoms. The maximum absolute atomic E-state index is 12.1. The average molecular weight is 295 g/mol. The van der Waals surface area contributed by atoms with Gasteiger partial charge in [0.2, 0.25) is 11.8 Å². The summed E-state index contributed by atoms with van der Waals surface area (Å²) in [5.74, 6) is 0.834. The van der Waals surface area contributed by atoms with Gasteiger partial charge in [0, 0.05) is 6.54 Å². The number of carbonyl (C=O) groups is 3. The Morgan fingerprint density at radius 2 is 2.14 bits per heavy atom. The Labute approximate surface area is 124 Å². The highest BCUT2D eigenvalue weighted by Gasteiger charge is 2.34. The Morgan fingerprint density at radius 1 is 1.52 bits per heavy atom. The lowest BCUT2D eigenvalue weighted by Crippen LogP contribution is -2.60. The summed E-state index contributed by atoms with van der Waals surface area (Å²) in [6.45, 7) is 3.44. The van der Waals surface area contributed by atoms with Crippen LogP contribution in [0.1, 0.15) is 26.7 Å². The van der Waals surface area contributed by atoms with E-state index in [-0.39, 0.29) is 31.4 Å². The van der Waals surface area contributed by atoms with E-state index in [2.05, 4.69) is 16.6 Å². The molecule has 1 fully saturated rings. The zero-order chi connectivity index (χ0) is 16.0. The number of nitrogens with zero attached hydrogens (tertiary/aromatic N) is 1. The van der Waals surface area contributed by atoms with Crippen LogP contribution in [0.25, 0.3) is 0 Å². The second-order valence-electron chi connectivity index (χ2n) is 5.04. The standard InChI is InChI=1S/C14H21N3O4/c1-4-14(5-2,6-3)16-12(19)9-17-8-11(18)15-7-10(17)13(20)21/h1,10H,5-9H2,2-3H3,(H,15,18)(H,16,19)(H,20,21). The molecule has 2 amide bonds. The van der Waals surface area contributed by atoms with Crippen LogP contribution in [0.4, 0.5) is 0 Å². The highest BCUT2D eigenvalue weighted by atomic mass is 16.4. The van der Waals surface area contributed by atoms with Crippen LogP contribution in [-0.4, -0.2) is 59.0 Å². The lowest BCUT2D eigenvalue weighted by Gasteiger charge is -2.33. The van der Waals surface area contributed by atoms with Crippen molar-refractivity contribution in [3.63, 3.8) is 0 Å². The smallest absolute Gasteiger partial charge is 0.322 e. The van der Waals surface area contributed by atoms with E-state index in [1.54, 1.807) is 0 Å². The van der Waals surface area contributed by atoms with Gasteiger partial charge in [-0.05, 0) is 12.8 Å². The van der Waals surface area contributed by atoms with Gasteiger partial charge in [-0.1, -0.05) is 19.8 Å². The molecule has 1 unspecified atom stereocenters. The van der Waals surface area contributed by atoms with Crippen LogP contribution in [0.3, 0.4) is 0 Å². The molecule has 0 bridgehead atoms. The summed E-state index contributed by atoms with van der Waals surface area (Å²) in [4.78, 5) is 36.0. The van der Waals surface area contributed by atoms with Gasteiger partial charge in [-0.25, -0.2) is 0 Å². The van der Waals surface area contributed by atoms with Gasteiger partial charge >= 0.3 is 5.97 Å². The minimum atomic E-state index is -1.07. The van der Waals surface area contributed by atoms with Crippen LogP contribution in [0, 0.1) is 12.3 Å². The van der Waals surface area contributed by atoms with Crippen molar-refractivity contribution in [1.82, 2.24) is 15.5 Å². The number of piperazine rings is 1. The Hall–Kier alpha value is -2.07. The largest absolute Gasteiger partial charge is 0.480 e. The minimum absolute atomic E-state index is 0.0106. The number of aliphatic carboxylic acids is 1. The van der Waals surface area contributed by atoms with Gasteiger partial charge in [-0.2, -0.15) is 0 Å². The Morgan fingerprint density at radius 3 is 2.62 bits per heavy atom. The summed E-state index contributed by atoms with van der Waals surface area (Å²) in [6, 6.07) is -0.906. The fourth-order valence-corrected chi connectivity index (χ4v) is 2.26. The van der Waals surface area contributed by atoms with Crippen LogP contribution < -0.4 is 10.6 Å². The molecule has 1 saturated heterocycles. The third kappa shape index (κ3) is 4.20. The third-order valence-electron chi connectivity index (χ3n) is 3.77. The third-order valence-corrected chi connectivity index (χ3v) is 3.77. The van der Waals surface area contributed by atoms with E-state index in [0.29, 0.717) is 12.8 Å². The molecule has 0 aromatic carbocycles. The first-order valence-electron chi connectivity index (χ1n) is 6.89. The first kappa shape index (κ1) is 17.0. The number of hydrogen-bond donors (Lipinski definition) is 3. The average Bonchev–Trinajstić information content (AvgIpc) is 2.44. The van der Waals surface area contributed by atoms with E-state index in [1.807, 2.05) is 13.8 Å². The zero-order valence-corrected chi connectivity index (χ0v) is 12.3. The van der Waals surface area contributed by atoms with Gasteiger partial charge in [0.1, 0.15) is 11.6 Å². The molecule has 0 spiro atoms. The lowest BCUT2D eigenvalue weighted by atomic mass is 9.94. The fourth-order valence-electron chi connectivity index (χ4n) is 2.26. The predicted molar refractivity (Wildman–Crippen MR) is 76.3 cm³/mol. The number of carboxylic acid groups (broad SMARTS) is 1. The van der Waals surface area contributed by atoms with E-state index >= 15 is 0 Å². The van der Waals surface area contributed by atoms with Crippen molar-refractivity contribution in [1.29, 1.82) is 0 Å². The molecule has 1 aliphatic heterocycles. The van der Waals surface area contributed by atoms with Crippen molar-refractivity contribution in [2.24, 2.45) is 0 Å². The Balaban J connectivity index is 2.73. The van der Waals surface area contributed by atoms with Gasteiger partial charge < -0.3 is 15.7 Å². The van der Waals surface area contributed by atoms with E-state index < -0.39 is 17.6 Å². The second-order valence-corrected chi connectivity index (χ2v) is 5.04. The summed E-state index contributed by atoms with van der Waals surface area (Å²) in [7, 11) is 0. The molecule has 21 heavy (non-hydrogen) atoms. The summed E-state index contributed by atoms with van der Waals surface area (Å²) in [5.41, 5.74) is -0.728. The highest BCUT2D eigenvalue weighted by molar-refractivity contribution is 5.86. The topological polar surface area (TPSA) is 98.7 Å². The van der Waals surface area contributed by atoms with E-state index in [9.17, 15) is 14.4 Å². The number of amides is 2. The van der Waals surface area contributed by atoms with Crippen molar-refractivity contribution in [3.8, 4) is 12.3 Å². The van der Waals surface area contributed by atoms with E-state index in [4.69, 9.17) is 11.5 Å². The number of rotatable bonds is 6. The summed E-state index contributed by atoms with van der Waals surface area (Å²) < 4.78 is 0. The SMILES string of the molecule is C#CC(CC)(CC)NC(=O)CN1CC(=O)NCC1C(=O)O. The van der Waals surface area contributed by atoms with Crippen molar-refractivity contribution in [2.75, 3.05) is 19.6 Å². The van der Waals surface area contributed by atoms with Crippen LogP contribution in [0.5, 0.6) is 0 Å². The predicted octanol–water partition coefficient (Wildman–Crippen LogP) is -0.820. The van der Waals surface area contributed by atoms with E-state index in [1.165, 1.54) is 4.90 Å². The molecule has 0 aromatic rings.